The molecule has 0 aliphatic carbocycles. The van der Waals surface area contributed by atoms with Gasteiger partial charge in [-0.15, -0.1) is 0 Å². The lowest BCUT2D eigenvalue weighted by Crippen LogP contribution is -2.20. The number of hydrogen-bond donors (Lipinski definition) is 1. The summed E-state index contributed by atoms with van der Waals surface area (Å²) in [6.45, 7) is 6.14. The highest BCUT2D eigenvalue weighted by Gasteiger charge is 2.14. The number of carbonyl (C=O) groups excluding carboxylic acids is 2. The average molecular weight is 381 g/mol. The summed E-state index contributed by atoms with van der Waals surface area (Å²) in [5.74, 6) is 0.328. The van der Waals surface area contributed by atoms with Gasteiger partial charge < -0.3 is 14.8 Å². The highest BCUT2D eigenvalue weighted by Crippen LogP contribution is 2.19. The smallest absolute Gasteiger partial charge is 0.341 e. The van der Waals surface area contributed by atoms with Gasteiger partial charge in [0.05, 0.1) is 18.3 Å². The number of pyridine rings is 1. The number of benzene rings is 1. The van der Waals surface area contributed by atoms with Crippen LogP contribution in [-0.2, 0) is 9.53 Å². The van der Waals surface area contributed by atoms with E-state index in [0.717, 1.165) is 0 Å². The molecule has 7 heteroatoms. The van der Waals surface area contributed by atoms with Crippen LogP contribution in [0.3, 0.4) is 0 Å². The molecule has 3 rings (SSSR count). The maximum Gasteiger partial charge on any atom is 0.341 e. The monoisotopic (exact) mass is 381 g/mol. The SMILES string of the molecule is CCOC(=O)c1cnn2ccc(NC(=O)COc3ccc(C(C)C)cc3)cc12. The molecular formula is C21H23N3O4. The summed E-state index contributed by atoms with van der Waals surface area (Å²) in [6.07, 6.45) is 3.11. The van der Waals surface area contributed by atoms with E-state index in [1.165, 1.54) is 11.8 Å². The van der Waals surface area contributed by atoms with Crippen LogP contribution in [-0.4, -0.2) is 34.7 Å². The van der Waals surface area contributed by atoms with Crippen molar-refractivity contribution in [2.24, 2.45) is 0 Å². The molecule has 1 N–H and O–H groups in total. The largest absolute Gasteiger partial charge is 0.484 e. The summed E-state index contributed by atoms with van der Waals surface area (Å²) >= 11 is 0. The summed E-state index contributed by atoms with van der Waals surface area (Å²) in [7, 11) is 0. The molecule has 0 spiro atoms. The molecule has 7 nitrogen and oxygen atoms in total. The van der Waals surface area contributed by atoms with E-state index in [9.17, 15) is 9.59 Å². The number of amides is 1. The Labute approximate surface area is 163 Å². The van der Waals surface area contributed by atoms with Crippen molar-refractivity contribution in [3.05, 3.63) is 59.9 Å². The summed E-state index contributed by atoms with van der Waals surface area (Å²) < 4.78 is 12.1. The Kier molecular flexibility index (Phi) is 5.93. The topological polar surface area (TPSA) is 81.9 Å². The molecule has 2 aromatic heterocycles. The summed E-state index contributed by atoms with van der Waals surface area (Å²) in [4.78, 5) is 24.2. The Balaban J connectivity index is 1.64. The van der Waals surface area contributed by atoms with Crippen molar-refractivity contribution in [3.8, 4) is 5.75 Å². The Morgan fingerprint density at radius 3 is 2.61 bits per heavy atom. The molecule has 1 amide bonds. The normalized spacial score (nSPS) is 10.9. The fraction of sp³-hybridized carbons (Fsp3) is 0.286. The molecule has 0 bridgehead atoms. The number of esters is 1. The Bertz CT molecular complexity index is 977. The van der Waals surface area contributed by atoms with Gasteiger partial charge in [0.25, 0.3) is 5.91 Å². The maximum absolute atomic E-state index is 12.2. The number of aromatic nitrogens is 2. The first-order valence-corrected chi connectivity index (χ1v) is 9.15. The zero-order valence-corrected chi connectivity index (χ0v) is 16.1. The third kappa shape index (κ3) is 4.49. The highest BCUT2D eigenvalue weighted by atomic mass is 16.5. The minimum Gasteiger partial charge on any atom is -0.484 e. The molecule has 0 saturated heterocycles. The van der Waals surface area contributed by atoms with Gasteiger partial charge in [-0.25, -0.2) is 9.31 Å². The second kappa shape index (κ2) is 8.56. The van der Waals surface area contributed by atoms with E-state index in [2.05, 4.69) is 24.3 Å². The molecule has 0 unspecified atom stereocenters. The van der Waals surface area contributed by atoms with Crippen molar-refractivity contribution in [1.29, 1.82) is 0 Å². The second-order valence-electron chi connectivity index (χ2n) is 6.58. The minimum absolute atomic E-state index is 0.115. The van der Waals surface area contributed by atoms with Crippen LogP contribution in [0.25, 0.3) is 5.52 Å². The van der Waals surface area contributed by atoms with Crippen molar-refractivity contribution in [2.75, 3.05) is 18.5 Å². The van der Waals surface area contributed by atoms with Gasteiger partial charge in [0.2, 0.25) is 0 Å². The number of carbonyl (C=O) groups is 2. The number of hydrogen-bond acceptors (Lipinski definition) is 5. The average Bonchev–Trinajstić information content (AvgIpc) is 3.10. The van der Waals surface area contributed by atoms with Crippen molar-refractivity contribution < 1.29 is 19.1 Å². The molecular weight excluding hydrogens is 358 g/mol. The van der Waals surface area contributed by atoms with Gasteiger partial charge in [0.15, 0.2) is 6.61 Å². The molecule has 0 saturated carbocycles. The van der Waals surface area contributed by atoms with Gasteiger partial charge in [-0.3, -0.25) is 4.79 Å². The highest BCUT2D eigenvalue weighted by molar-refractivity contribution is 5.98. The van der Waals surface area contributed by atoms with Crippen LogP contribution in [0.5, 0.6) is 5.75 Å². The first-order valence-electron chi connectivity index (χ1n) is 9.15. The van der Waals surface area contributed by atoms with Crippen LogP contribution >= 0.6 is 0 Å². The predicted octanol–water partition coefficient (Wildman–Crippen LogP) is 3.65. The van der Waals surface area contributed by atoms with Crippen molar-refractivity contribution in [3.63, 3.8) is 0 Å². The van der Waals surface area contributed by atoms with E-state index in [-0.39, 0.29) is 19.1 Å². The van der Waals surface area contributed by atoms with Crippen LogP contribution in [0.2, 0.25) is 0 Å². The van der Waals surface area contributed by atoms with E-state index in [1.807, 2.05) is 24.3 Å². The van der Waals surface area contributed by atoms with Gasteiger partial charge in [0, 0.05) is 11.9 Å². The summed E-state index contributed by atoms with van der Waals surface area (Å²) in [5, 5.41) is 6.88. The van der Waals surface area contributed by atoms with Gasteiger partial charge >= 0.3 is 5.97 Å². The lowest BCUT2D eigenvalue weighted by Gasteiger charge is -2.10. The number of nitrogens with one attached hydrogen (secondary N) is 1. The fourth-order valence-corrected chi connectivity index (χ4v) is 2.72. The molecule has 0 aliphatic heterocycles. The van der Waals surface area contributed by atoms with Gasteiger partial charge in [0.1, 0.15) is 11.3 Å². The van der Waals surface area contributed by atoms with Crippen LogP contribution in [0, 0.1) is 0 Å². The fourth-order valence-electron chi connectivity index (χ4n) is 2.72. The number of nitrogens with zero attached hydrogens (tertiary/aromatic N) is 2. The first kappa shape index (κ1) is 19.4. The molecule has 0 radical (unpaired) electrons. The third-order valence-electron chi connectivity index (χ3n) is 4.22. The van der Waals surface area contributed by atoms with E-state index in [0.29, 0.717) is 28.4 Å². The number of ether oxygens (including phenoxy) is 2. The molecule has 3 aromatic rings. The van der Waals surface area contributed by atoms with Crippen LogP contribution in [0.15, 0.2) is 48.8 Å². The second-order valence-corrected chi connectivity index (χ2v) is 6.58. The molecule has 0 atom stereocenters. The predicted molar refractivity (Wildman–Crippen MR) is 106 cm³/mol. The van der Waals surface area contributed by atoms with E-state index >= 15 is 0 Å². The minimum atomic E-state index is -0.450. The molecule has 28 heavy (non-hydrogen) atoms. The summed E-state index contributed by atoms with van der Waals surface area (Å²) in [5.41, 5.74) is 2.66. The number of rotatable bonds is 7. The molecule has 1 aromatic carbocycles. The lowest BCUT2D eigenvalue weighted by atomic mass is 10.0. The van der Waals surface area contributed by atoms with E-state index < -0.39 is 5.97 Å². The quantitative estimate of drug-likeness (QED) is 0.632. The van der Waals surface area contributed by atoms with Gasteiger partial charge in [-0.05, 0) is 42.7 Å². The summed E-state index contributed by atoms with van der Waals surface area (Å²) in [6, 6.07) is 11.1. The van der Waals surface area contributed by atoms with E-state index in [4.69, 9.17) is 9.47 Å². The van der Waals surface area contributed by atoms with Crippen molar-refractivity contribution in [2.45, 2.75) is 26.7 Å². The zero-order valence-electron chi connectivity index (χ0n) is 16.1. The van der Waals surface area contributed by atoms with Crippen LogP contribution in [0.4, 0.5) is 5.69 Å². The van der Waals surface area contributed by atoms with E-state index in [1.54, 1.807) is 29.8 Å². The van der Waals surface area contributed by atoms with Crippen molar-refractivity contribution in [1.82, 2.24) is 9.61 Å². The van der Waals surface area contributed by atoms with Gasteiger partial charge in [-0.2, -0.15) is 5.10 Å². The lowest BCUT2D eigenvalue weighted by molar-refractivity contribution is -0.118. The third-order valence-corrected chi connectivity index (χ3v) is 4.22. The standard InChI is InChI=1S/C21H23N3O4/c1-4-27-21(26)18-12-22-24-10-9-16(11-19(18)24)23-20(25)13-28-17-7-5-15(6-8-17)14(2)3/h5-12,14H,4,13H2,1-3H3,(H,23,25). The molecule has 2 heterocycles. The van der Waals surface area contributed by atoms with Crippen LogP contribution < -0.4 is 10.1 Å². The first-order chi connectivity index (χ1) is 13.5. The van der Waals surface area contributed by atoms with Crippen molar-refractivity contribution >= 4 is 23.1 Å². The Morgan fingerprint density at radius 1 is 1.18 bits per heavy atom. The Morgan fingerprint density at radius 2 is 1.93 bits per heavy atom. The molecule has 146 valence electrons. The number of anilines is 1. The Hall–Kier alpha value is -3.35. The maximum atomic E-state index is 12.2. The molecule has 0 aliphatic rings. The zero-order chi connectivity index (χ0) is 20.1. The van der Waals surface area contributed by atoms with Gasteiger partial charge in [-0.1, -0.05) is 26.0 Å². The molecule has 0 fully saturated rings. The van der Waals surface area contributed by atoms with Crippen LogP contribution in [0.1, 0.15) is 42.6 Å². The number of fused-ring (bicyclic) bond motifs is 1.